The topological polar surface area (TPSA) is 72.7 Å². The Morgan fingerprint density at radius 3 is 2.68 bits per heavy atom. The number of benzene rings is 1. The van der Waals surface area contributed by atoms with Crippen molar-refractivity contribution < 1.29 is 4.79 Å². The third kappa shape index (κ3) is 3.80. The third-order valence-electron chi connectivity index (χ3n) is 5.41. The van der Waals surface area contributed by atoms with Crippen molar-refractivity contribution in [3.63, 3.8) is 0 Å². The maximum Gasteiger partial charge on any atom is 0.230 e. The molecule has 0 atom stereocenters. The van der Waals surface area contributed by atoms with Crippen molar-refractivity contribution in [2.45, 2.75) is 29.8 Å². The number of carbonyl (C=O) groups excluding carboxylic acids is 1. The van der Waals surface area contributed by atoms with Gasteiger partial charge in [-0.3, -0.25) is 9.78 Å². The molecule has 1 fully saturated rings. The Labute approximate surface area is 168 Å². The fourth-order valence-corrected chi connectivity index (χ4v) is 4.34. The summed E-state index contributed by atoms with van der Waals surface area (Å²) in [6, 6.07) is 14.3. The van der Waals surface area contributed by atoms with Crippen molar-refractivity contribution in [2.75, 3.05) is 12.3 Å². The van der Waals surface area contributed by atoms with E-state index in [1.807, 2.05) is 29.8 Å². The molecule has 2 heterocycles. The number of carbonyl (C=O) groups is 1. The quantitative estimate of drug-likeness (QED) is 0.624. The summed E-state index contributed by atoms with van der Waals surface area (Å²) in [6.45, 7) is 0.691. The molecule has 0 aliphatic heterocycles. The number of hydrogen-bond donors (Lipinski definition) is 1. The summed E-state index contributed by atoms with van der Waals surface area (Å²) < 4.78 is 1.90. The molecule has 1 aliphatic carbocycles. The third-order valence-corrected chi connectivity index (χ3v) is 6.43. The second-order valence-corrected chi connectivity index (χ2v) is 8.11. The lowest BCUT2D eigenvalue weighted by Gasteiger charge is -2.42. The van der Waals surface area contributed by atoms with Gasteiger partial charge in [0.1, 0.15) is 0 Å². The van der Waals surface area contributed by atoms with Crippen LogP contribution in [-0.4, -0.2) is 38.0 Å². The summed E-state index contributed by atoms with van der Waals surface area (Å²) in [4.78, 5) is 16.5. The van der Waals surface area contributed by atoms with Crippen LogP contribution in [0.1, 0.15) is 24.8 Å². The molecule has 1 aliphatic rings. The summed E-state index contributed by atoms with van der Waals surface area (Å²) in [6.07, 6.45) is 6.96. The van der Waals surface area contributed by atoms with Crippen LogP contribution in [0.2, 0.25) is 0 Å². The first-order valence-corrected chi connectivity index (χ1v) is 10.4. The molecule has 0 bridgehead atoms. The molecule has 1 saturated carbocycles. The second kappa shape index (κ2) is 8.14. The highest BCUT2D eigenvalue weighted by Gasteiger charge is 2.38. The Kier molecular flexibility index (Phi) is 5.43. The molecule has 0 unspecified atom stereocenters. The maximum atomic E-state index is 12.4. The van der Waals surface area contributed by atoms with Crippen LogP contribution < -0.4 is 5.32 Å². The summed E-state index contributed by atoms with van der Waals surface area (Å²) in [5.41, 5.74) is 2.33. The van der Waals surface area contributed by atoms with Crippen molar-refractivity contribution in [1.29, 1.82) is 0 Å². The zero-order valence-electron chi connectivity index (χ0n) is 15.8. The number of amides is 1. The highest BCUT2D eigenvalue weighted by Crippen LogP contribution is 2.43. The van der Waals surface area contributed by atoms with E-state index in [1.165, 1.54) is 23.7 Å². The van der Waals surface area contributed by atoms with E-state index < -0.39 is 0 Å². The van der Waals surface area contributed by atoms with Gasteiger partial charge in [0.05, 0.1) is 5.75 Å². The highest BCUT2D eigenvalue weighted by atomic mass is 32.2. The zero-order valence-corrected chi connectivity index (χ0v) is 16.7. The predicted octanol–water partition coefficient (Wildman–Crippen LogP) is 3.21. The Morgan fingerprint density at radius 1 is 1.18 bits per heavy atom. The van der Waals surface area contributed by atoms with Gasteiger partial charge in [-0.05, 0) is 30.5 Å². The lowest BCUT2D eigenvalue weighted by Crippen LogP contribution is -2.46. The molecule has 28 heavy (non-hydrogen) atoms. The minimum Gasteiger partial charge on any atom is -0.354 e. The van der Waals surface area contributed by atoms with Crippen molar-refractivity contribution in [3.8, 4) is 11.4 Å². The number of thioether (sulfide) groups is 1. The molecule has 1 aromatic carbocycles. The molecule has 4 rings (SSSR count). The molecular weight excluding hydrogens is 370 g/mol. The Hall–Kier alpha value is -2.67. The fourth-order valence-electron chi connectivity index (χ4n) is 3.60. The predicted molar refractivity (Wildman–Crippen MR) is 110 cm³/mol. The molecule has 2 aromatic heterocycles. The summed E-state index contributed by atoms with van der Waals surface area (Å²) >= 11 is 1.40. The highest BCUT2D eigenvalue weighted by molar-refractivity contribution is 7.99. The average molecular weight is 394 g/mol. The molecule has 3 aromatic rings. The first-order valence-electron chi connectivity index (χ1n) is 9.43. The lowest BCUT2D eigenvalue weighted by molar-refractivity contribution is -0.119. The van der Waals surface area contributed by atoms with Crippen molar-refractivity contribution in [1.82, 2.24) is 25.1 Å². The molecular formula is C21H23N5OS. The first-order chi connectivity index (χ1) is 13.7. The monoisotopic (exact) mass is 393 g/mol. The number of nitrogens with one attached hydrogen (secondary N) is 1. The van der Waals surface area contributed by atoms with Crippen molar-refractivity contribution in [2.24, 2.45) is 7.05 Å². The van der Waals surface area contributed by atoms with Crippen LogP contribution in [0, 0.1) is 0 Å². The summed E-state index contributed by atoms with van der Waals surface area (Å²) in [5.74, 6) is 1.09. The van der Waals surface area contributed by atoms with Gasteiger partial charge >= 0.3 is 0 Å². The number of rotatable bonds is 7. The van der Waals surface area contributed by atoms with Crippen LogP contribution in [0.15, 0.2) is 60.0 Å². The minimum absolute atomic E-state index is 0.0260. The van der Waals surface area contributed by atoms with Crippen LogP contribution in [0.4, 0.5) is 0 Å². The van der Waals surface area contributed by atoms with Gasteiger partial charge in [0, 0.05) is 37.0 Å². The molecule has 7 heteroatoms. The van der Waals surface area contributed by atoms with E-state index in [9.17, 15) is 4.79 Å². The van der Waals surface area contributed by atoms with E-state index in [-0.39, 0.29) is 11.3 Å². The van der Waals surface area contributed by atoms with E-state index in [4.69, 9.17) is 0 Å². The SMILES string of the molecule is Cn1c(SCC(=O)NCC2(c3ccccc3)CCC2)nnc1-c1cccnc1. The van der Waals surface area contributed by atoms with Crippen LogP contribution in [0.3, 0.4) is 0 Å². The normalized spacial score (nSPS) is 15.0. The fraction of sp³-hybridized carbons (Fsp3) is 0.333. The van der Waals surface area contributed by atoms with E-state index in [2.05, 4.69) is 44.8 Å². The van der Waals surface area contributed by atoms with Gasteiger partial charge in [0.2, 0.25) is 5.91 Å². The van der Waals surface area contributed by atoms with E-state index in [0.29, 0.717) is 12.3 Å². The van der Waals surface area contributed by atoms with Gasteiger partial charge in [0.25, 0.3) is 0 Å². The molecule has 144 valence electrons. The van der Waals surface area contributed by atoms with Crippen LogP contribution in [0.5, 0.6) is 0 Å². The lowest BCUT2D eigenvalue weighted by atomic mass is 9.64. The van der Waals surface area contributed by atoms with Crippen molar-refractivity contribution in [3.05, 3.63) is 60.4 Å². The zero-order chi connectivity index (χ0) is 19.4. The Balaban J connectivity index is 1.34. The number of hydrogen-bond acceptors (Lipinski definition) is 5. The molecule has 0 saturated heterocycles. The molecule has 1 amide bonds. The first kappa shape index (κ1) is 18.7. The van der Waals surface area contributed by atoms with Gasteiger partial charge < -0.3 is 9.88 Å². The van der Waals surface area contributed by atoms with Gasteiger partial charge in [-0.25, -0.2) is 0 Å². The molecule has 0 spiro atoms. The minimum atomic E-state index is 0.0260. The standard InChI is InChI=1S/C21H23N5OS/c1-26-19(16-7-5-12-22-13-16)24-25-20(26)28-14-18(27)23-15-21(10-6-11-21)17-8-3-2-4-9-17/h2-5,7-9,12-13H,6,10-11,14-15H2,1H3,(H,23,27). The van der Waals surface area contributed by atoms with Gasteiger partial charge in [-0.2, -0.15) is 0 Å². The van der Waals surface area contributed by atoms with Crippen molar-refractivity contribution >= 4 is 17.7 Å². The van der Waals surface area contributed by atoms with Gasteiger partial charge in [0.15, 0.2) is 11.0 Å². The number of nitrogens with zero attached hydrogens (tertiary/aromatic N) is 4. The largest absolute Gasteiger partial charge is 0.354 e. The Morgan fingerprint density at radius 2 is 2.00 bits per heavy atom. The van der Waals surface area contributed by atoms with Gasteiger partial charge in [-0.1, -0.05) is 48.5 Å². The summed E-state index contributed by atoms with van der Waals surface area (Å²) in [7, 11) is 1.90. The van der Waals surface area contributed by atoms with E-state index >= 15 is 0 Å². The number of pyridine rings is 1. The van der Waals surface area contributed by atoms with E-state index in [1.54, 1.807) is 12.4 Å². The van der Waals surface area contributed by atoms with E-state index in [0.717, 1.165) is 29.4 Å². The smallest absolute Gasteiger partial charge is 0.230 e. The molecule has 0 radical (unpaired) electrons. The maximum absolute atomic E-state index is 12.4. The molecule has 1 N–H and O–H groups in total. The average Bonchev–Trinajstić information content (AvgIpc) is 3.07. The number of aromatic nitrogens is 4. The molecule has 6 nitrogen and oxygen atoms in total. The van der Waals surface area contributed by atoms with Crippen LogP contribution in [0.25, 0.3) is 11.4 Å². The van der Waals surface area contributed by atoms with Crippen LogP contribution in [-0.2, 0) is 17.3 Å². The Bertz CT molecular complexity index is 938. The second-order valence-electron chi connectivity index (χ2n) is 7.17. The summed E-state index contributed by atoms with van der Waals surface area (Å²) in [5, 5.41) is 12.3. The van der Waals surface area contributed by atoms with Crippen LogP contribution >= 0.6 is 11.8 Å². The van der Waals surface area contributed by atoms with Gasteiger partial charge in [-0.15, -0.1) is 10.2 Å².